The Morgan fingerprint density at radius 3 is 2.06 bits per heavy atom. The van der Waals surface area contributed by atoms with Gasteiger partial charge in [0, 0.05) is 24.7 Å². The highest BCUT2D eigenvalue weighted by Gasteiger charge is 2.25. The van der Waals surface area contributed by atoms with Crippen LogP contribution in [0.15, 0.2) is 97.1 Å². The lowest BCUT2D eigenvalue weighted by atomic mass is 10.00. The van der Waals surface area contributed by atoms with Gasteiger partial charge in [-0.05, 0) is 73.3 Å². The zero-order valence-corrected chi connectivity index (χ0v) is 28.9. The minimum Gasteiger partial charge on any atom is -0.504 e. The van der Waals surface area contributed by atoms with E-state index < -0.39 is 34.0 Å². The van der Waals surface area contributed by atoms with Crippen LogP contribution in [-0.4, -0.2) is 76.1 Å². The van der Waals surface area contributed by atoms with Gasteiger partial charge in [0.1, 0.15) is 0 Å². The summed E-state index contributed by atoms with van der Waals surface area (Å²) in [6, 6.07) is 27.1. The van der Waals surface area contributed by atoms with Crippen molar-refractivity contribution in [3.05, 3.63) is 125 Å². The lowest BCUT2D eigenvalue weighted by Gasteiger charge is -2.25. The summed E-state index contributed by atoms with van der Waals surface area (Å²) in [5.41, 5.74) is 2.95. The number of hydrogen-bond acceptors (Lipinski definition) is 8. The van der Waals surface area contributed by atoms with E-state index in [0.29, 0.717) is 25.1 Å². The molecule has 0 heterocycles. The van der Waals surface area contributed by atoms with Gasteiger partial charge < -0.3 is 30.9 Å². The number of methoxy groups -OCH3 is 1. The maximum atomic E-state index is 13.8. The third kappa shape index (κ3) is 10.5. The molecule has 0 fully saturated rings. The van der Waals surface area contributed by atoms with E-state index in [1.54, 1.807) is 12.1 Å². The van der Waals surface area contributed by atoms with Gasteiger partial charge in [-0.2, -0.15) is 0 Å². The highest BCUT2D eigenvalue weighted by Crippen LogP contribution is 2.26. The van der Waals surface area contributed by atoms with E-state index in [1.165, 1.54) is 32.4 Å². The number of aliphatic hydroxyl groups is 1. The van der Waals surface area contributed by atoms with Gasteiger partial charge in [0.2, 0.25) is 10.0 Å². The zero-order valence-electron chi connectivity index (χ0n) is 28.1. The first kappa shape index (κ1) is 36.9. The van der Waals surface area contributed by atoms with Gasteiger partial charge in [-0.3, -0.25) is 13.9 Å². The summed E-state index contributed by atoms with van der Waals surface area (Å²) in [5, 5.41) is 30.4. The number of carbonyl (C=O) groups excluding carboxylic acids is 2. The Hall–Kier alpha value is -4.91. The van der Waals surface area contributed by atoms with Crippen molar-refractivity contribution >= 4 is 27.5 Å². The van der Waals surface area contributed by atoms with E-state index in [4.69, 9.17) is 4.74 Å². The second-order valence-corrected chi connectivity index (χ2v) is 13.9. The van der Waals surface area contributed by atoms with Crippen molar-refractivity contribution in [1.82, 2.24) is 16.0 Å². The van der Waals surface area contributed by atoms with Crippen LogP contribution >= 0.6 is 0 Å². The monoisotopic (exact) mass is 688 g/mol. The van der Waals surface area contributed by atoms with Crippen molar-refractivity contribution in [3.8, 4) is 11.5 Å². The number of sulfonamides is 1. The molecule has 4 aromatic rings. The largest absolute Gasteiger partial charge is 0.504 e. The van der Waals surface area contributed by atoms with Crippen LogP contribution in [0, 0.1) is 0 Å². The summed E-state index contributed by atoms with van der Waals surface area (Å²) >= 11 is 0. The summed E-state index contributed by atoms with van der Waals surface area (Å²) in [4.78, 5) is 27.2. The van der Waals surface area contributed by atoms with E-state index in [1.807, 2.05) is 73.7 Å². The second-order valence-electron chi connectivity index (χ2n) is 11.9. The van der Waals surface area contributed by atoms with Crippen molar-refractivity contribution in [1.29, 1.82) is 0 Å². The summed E-state index contributed by atoms with van der Waals surface area (Å²) < 4.78 is 31.0. The lowest BCUT2D eigenvalue weighted by Crippen LogP contribution is -2.49. The van der Waals surface area contributed by atoms with E-state index in [2.05, 4.69) is 16.0 Å². The Morgan fingerprint density at radius 1 is 0.857 bits per heavy atom. The van der Waals surface area contributed by atoms with Gasteiger partial charge in [-0.15, -0.1) is 0 Å². The molecule has 2 amide bonds. The lowest BCUT2D eigenvalue weighted by molar-refractivity contribution is 0.0831. The maximum absolute atomic E-state index is 13.8. The highest BCUT2D eigenvalue weighted by atomic mass is 32.2. The molecule has 49 heavy (non-hydrogen) atoms. The third-order valence-electron chi connectivity index (χ3n) is 8.22. The SMILES string of the molecule is COc1ccc(CCNCC(O)C(Cc2ccccc2)NC(=O)c2cc(C(=O)NC(C)c3ccccc3)cc(N(C)S(C)(=O)=O)c2)cc1O. The zero-order chi connectivity index (χ0) is 35.6. The number of rotatable bonds is 16. The minimum atomic E-state index is -3.72. The first-order chi connectivity index (χ1) is 23.3. The molecule has 0 saturated carbocycles. The molecule has 0 aliphatic rings. The third-order valence-corrected chi connectivity index (χ3v) is 9.42. The Bertz CT molecular complexity index is 1820. The average molecular weight is 689 g/mol. The van der Waals surface area contributed by atoms with Crippen LogP contribution in [0.5, 0.6) is 11.5 Å². The maximum Gasteiger partial charge on any atom is 0.251 e. The van der Waals surface area contributed by atoms with E-state index >= 15 is 0 Å². The topological polar surface area (TPSA) is 157 Å². The predicted octanol–water partition coefficient (Wildman–Crippen LogP) is 3.82. The van der Waals surface area contributed by atoms with E-state index in [9.17, 15) is 28.2 Å². The van der Waals surface area contributed by atoms with Gasteiger partial charge in [-0.25, -0.2) is 8.42 Å². The first-order valence-electron chi connectivity index (χ1n) is 15.9. The molecule has 0 bridgehead atoms. The number of phenolic OH excluding ortho intramolecular Hbond substituents is 1. The number of nitrogens with one attached hydrogen (secondary N) is 3. The van der Waals surface area contributed by atoms with Crippen molar-refractivity contribution in [2.45, 2.75) is 38.0 Å². The van der Waals surface area contributed by atoms with Gasteiger partial charge in [-0.1, -0.05) is 66.7 Å². The molecule has 0 aliphatic carbocycles. The molecule has 12 heteroatoms. The number of amides is 2. The molecule has 0 radical (unpaired) electrons. The number of aromatic hydroxyl groups is 1. The van der Waals surface area contributed by atoms with Crippen molar-refractivity contribution < 1.29 is 33.0 Å². The molecule has 4 aromatic carbocycles. The van der Waals surface area contributed by atoms with Crippen LogP contribution in [0.1, 0.15) is 50.4 Å². The van der Waals surface area contributed by atoms with Crippen LogP contribution in [0.3, 0.4) is 0 Å². The molecule has 0 aliphatic heterocycles. The molecular weight excluding hydrogens is 644 g/mol. The van der Waals surface area contributed by atoms with Crippen molar-refractivity contribution in [3.63, 3.8) is 0 Å². The predicted molar refractivity (Wildman–Crippen MR) is 191 cm³/mol. The van der Waals surface area contributed by atoms with Crippen LogP contribution in [-0.2, 0) is 22.9 Å². The van der Waals surface area contributed by atoms with Crippen LogP contribution < -0.4 is 25.0 Å². The standard InChI is InChI=1S/C37H44N4O7S/c1-25(28-13-9-6-10-14-28)39-36(44)29-21-30(23-31(22-29)41(2)49(4,46)47)37(45)40-32(19-26-11-7-5-8-12-26)34(43)24-38-18-17-27-15-16-35(48-3)33(42)20-27/h5-16,20-23,25,32,34,38,42-43H,17-19,24H2,1-4H3,(H,39,44)(H,40,45). The van der Waals surface area contributed by atoms with Crippen LogP contribution in [0.2, 0.25) is 0 Å². The van der Waals surface area contributed by atoms with Gasteiger partial charge in [0.25, 0.3) is 11.8 Å². The molecule has 5 N–H and O–H groups in total. The number of anilines is 1. The number of phenols is 1. The molecule has 3 atom stereocenters. The Kier molecular flexibility index (Phi) is 12.8. The Labute approximate surface area is 288 Å². The highest BCUT2D eigenvalue weighted by molar-refractivity contribution is 7.92. The number of aliphatic hydroxyl groups excluding tert-OH is 1. The average Bonchev–Trinajstić information content (AvgIpc) is 3.09. The molecule has 4 rings (SSSR count). The number of ether oxygens (including phenoxy) is 1. The second kappa shape index (κ2) is 17.0. The van der Waals surface area contributed by atoms with Gasteiger partial charge >= 0.3 is 0 Å². The fourth-order valence-corrected chi connectivity index (χ4v) is 5.76. The van der Waals surface area contributed by atoms with Crippen molar-refractivity contribution in [2.24, 2.45) is 0 Å². The quantitative estimate of drug-likeness (QED) is 0.111. The number of hydrogen-bond donors (Lipinski definition) is 5. The fourth-order valence-electron chi connectivity index (χ4n) is 5.27. The van der Waals surface area contributed by atoms with Crippen LogP contribution in [0.25, 0.3) is 0 Å². The Balaban J connectivity index is 1.53. The van der Waals surface area contributed by atoms with Crippen molar-refractivity contribution in [2.75, 3.05) is 37.8 Å². The van der Waals surface area contributed by atoms with Gasteiger partial charge in [0.15, 0.2) is 11.5 Å². The molecule has 0 aromatic heterocycles. The molecular formula is C37H44N4O7S. The number of benzene rings is 4. The number of carbonyl (C=O) groups is 2. The first-order valence-corrected chi connectivity index (χ1v) is 17.7. The van der Waals surface area contributed by atoms with E-state index in [0.717, 1.165) is 27.3 Å². The minimum absolute atomic E-state index is 0.0452. The molecule has 260 valence electrons. The smallest absolute Gasteiger partial charge is 0.251 e. The normalized spacial score (nSPS) is 13.2. The van der Waals surface area contributed by atoms with Crippen LogP contribution in [0.4, 0.5) is 5.69 Å². The summed E-state index contributed by atoms with van der Waals surface area (Å²) in [5.74, 6) is -0.634. The van der Waals surface area contributed by atoms with Gasteiger partial charge in [0.05, 0.1) is 37.2 Å². The molecule has 3 unspecified atom stereocenters. The summed E-state index contributed by atoms with van der Waals surface area (Å²) in [7, 11) is -0.890. The fraction of sp³-hybridized carbons (Fsp3) is 0.297. The summed E-state index contributed by atoms with van der Waals surface area (Å²) in [6.45, 7) is 2.48. The van der Waals surface area contributed by atoms with E-state index in [-0.39, 0.29) is 35.2 Å². The molecule has 0 saturated heterocycles. The molecule has 11 nitrogen and oxygen atoms in total. The number of nitrogens with zero attached hydrogens (tertiary/aromatic N) is 1. The molecule has 0 spiro atoms. The summed E-state index contributed by atoms with van der Waals surface area (Å²) in [6.07, 6.45) is 0.916. The Morgan fingerprint density at radius 2 is 1.47 bits per heavy atom.